The Labute approximate surface area is 266 Å². The summed E-state index contributed by atoms with van der Waals surface area (Å²) >= 11 is 0. The third-order valence-corrected chi connectivity index (χ3v) is 12.7. The van der Waals surface area contributed by atoms with E-state index in [0.29, 0.717) is 10.9 Å². The number of benzene rings is 1. The molecule has 1 aromatic carbocycles. The van der Waals surface area contributed by atoms with Crippen molar-refractivity contribution in [1.82, 2.24) is 0 Å². The molecule has 8 nitrogen and oxygen atoms in total. The standard InChI is InChI=1S/C16H18F6O7S.C14H21OS/c17-13(18)6-27-15(28-7-14(13,19)20)9-1-8-2-10(15)5-12(3-8,4-9)29-11(23)16(21,22)30(24,25)26;1-14(2,3)12-4-6-13(7-5-12)16-10-8-15-9-11-16/h8-10H,1-7H2,(H,24,25,26);4-7H,8-11H2,1-3H3/q;+1/p-1. The van der Waals surface area contributed by atoms with Crippen molar-refractivity contribution in [2.45, 2.75) is 91.7 Å². The van der Waals surface area contributed by atoms with E-state index in [1.165, 1.54) is 22.0 Å². The molecule has 0 N–H and O–H groups in total. The van der Waals surface area contributed by atoms with E-state index in [-0.39, 0.29) is 43.4 Å². The molecular weight excluding hydrogens is 666 g/mol. The van der Waals surface area contributed by atoms with E-state index in [2.05, 4.69) is 45.0 Å². The van der Waals surface area contributed by atoms with Crippen molar-refractivity contribution in [1.29, 1.82) is 0 Å². The lowest BCUT2D eigenvalue weighted by molar-refractivity contribution is -0.355. The van der Waals surface area contributed by atoms with Crippen LogP contribution in [0.2, 0.25) is 0 Å². The zero-order chi connectivity index (χ0) is 34.0. The molecular formula is C30H38F6O8S2. The highest BCUT2D eigenvalue weighted by Gasteiger charge is 2.70. The Morgan fingerprint density at radius 1 is 0.913 bits per heavy atom. The van der Waals surface area contributed by atoms with Crippen LogP contribution in [0.5, 0.6) is 0 Å². The molecule has 46 heavy (non-hydrogen) atoms. The number of halogens is 6. The predicted octanol–water partition coefficient (Wildman–Crippen LogP) is 5.25. The summed E-state index contributed by atoms with van der Waals surface area (Å²) in [5, 5.41) is -5.30. The number of hydrogen-bond donors (Lipinski definition) is 0. The van der Waals surface area contributed by atoms with Crippen LogP contribution in [0.4, 0.5) is 26.3 Å². The zero-order valence-corrected chi connectivity index (χ0v) is 27.3. The monoisotopic (exact) mass is 704 g/mol. The Bertz CT molecular complexity index is 1360. The molecule has 0 amide bonds. The van der Waals surface area contributed by atoms with Crippen molar-refractivity contribution < 1.29 is 63.1 Å². The Kier molecular flexibility index (Phi) is 9.37. The van der Waals surface area contributed by atoms with Crippen LogP contribution in [-0.2, 0) is 50.2 Å². The van der Waals surface area contributed by atoms with Crippen molar-refractivity contribution in [2.24, 2.45) is 17.8 Å². The summed E-state index contributed by atoms with van der Waals surface area (Å²) in [7, 11) is -5.88. The van der Waals surface area contributed by atoms with E-state index in [9.17, 15) is 44.1 Å². The fourth-order valence-electron chi connectivity index (χ4n) is 7.38. The Balaban J connectivity index is 0.000000219. The quantitative estimate of drug-likeness (QED) is 0.181. The molecule has 6 aliphatic rings. The summed E-state index contributed by atoms with van der Waals surface area (Å²) in [5.74, 6) is -12.7. The van der Waals surface area contributed by atoms with Crippen LogP contribution in [0.15, 0.2) is 29.2 Å². The maximum Gasteiger partial charge on any atom is 0.428 e. The molecule has 16 heteroatoms. The molecule has 7 rings (SSSR count). The van der Waals surface area contributed by atoms with Crippen molar-refractivity contribution in [3.05, 3.63) is 29.8 Å². The molecule has 2 aliphatic heterocycles. The summed E-state index contributed by atoms with van der Waals surface area (Å²) in [6.45, 7) is 5.46. The van der Waals surface area contributed by atoms with Gasteiger partial charge in [0, 0.05) is 22.7 Å². The Hall–Kier alpha value is -1.59. The predicted molar refractivity (Wildman–Crippen MR) is 153 cm³/mol. The highest BCUT2D eigenvalue weighted by atomic mass is 32.2. The van der Waals surface area contributed by atoms with Gasteiger partial charge in [-0.3, -0.25) is 0 Å². The zero-order valence-electron chi connectivity index (χ0n) is 25.7. The minimum atomic E-state index is -6.32. The minimum absolute atomic E-state index is 0.0864. The molecule has 1 aromatic rings. The van der Waals surface area contributed by atoms with Crippen molar-refractivity contribution in [3.8, 4) is 0 Å². The summed E-state index contributed by atoms with van der Waals surface area (Å²) < 4.78 is 135. The molecule has 2 saturated heterocycles. The molecule has 4 saturated carbocycles. The van der Waals surface area contributed by atoms with Gasteiger partial charge < -0.3 is 23.5 Å². The van der Waals surface area contributed by atoms with Gasteiger partial charge in [0.05, 0.1) is 13.2 Å². The van der Waals surface area contributed by atoms with Crippen LogP contribution in [-0.4, -0.2) is 85.4 Å². The van der Waals surface area contributed by atoms with Crippen LogP contribution in [0.3, 0.4) is 0 Å². The Morgan fingerprint density at radius 3 is 1.87 bits per heavy atom. The van der Waals surface area contributed by atoms with Gasteiger partial charge in [0.2, 0.25) is 0 Å². The molecule has 4 bridgehead atoms. The van der Waals surface area contributed by atoms with Crippen molar-refractivity contribution >= 4 is 27.0 Å². The van der Waals surface area contributed by atoms with Crippen LogP contribution in [0.1, 0.15) is 58.4 Å². The van der Waals surface area contributed by atoms with E-state index in [1.54, 1.807) is 0 Å². The smallest absolute Gasteiger partial charge is 0.428 e. The van der Waals surface area contributed by atoms with E-state index < -0.39 is 69.6 Å². The maximum atomic E-state index is 13.7. The number of alkyl halides is 6. The van der Waals surface area contributed by atoms with Crippen LogP contribution >= 0.6 is 0 Å². The van der Waals surface area contributed by atoms with Crippen molar-refractivity contribution in [2.75, 3.05) is 37.9 Å². The SMILES string of the molecule is CC(C)(C)c1ccc([S+]2CCOCC2)cc1.O=C(OC12CC3CC(C1)C1(OCC(F)(F)C(F)(F)CO1)C(C3)C2)C(F)(F)S(=O)(=O)[O-]. The molecule has 4 aliphatic carbocycles. The Morgan fingerprint density at radius 2 is 1.41 bits per heavy atom. The number of esters is 1. The van der Waals surface area contributed by atoms with Gasteiger partial charge >= 0.3 is 23.1 Å². The number of rotatable bonds is 4. The van der Waals surface area contributed by atoms with Crippen LogP contribution in [0, 0.1) is 17.8 Å². The highest BCUT2D eigenvalue weighted by molar-refractivity contribution is 7.97. The third kappa shape index (κ3) is 6.67. The molecule has 1 spiro atoms. The van der Waals surface area contributed by atoms with Gasteiger partial charge in [-0.25, -0.2) is 13.2 Å². The van der Waals surface area contributed by atoms with E-state index in [1.807, 2.05) is 0 Å². The normalized spacial score (nSPS) is 31.9. The molecule has 2 heterocycles. The van der Waals surface area contributed by atoms with E-state index in [0.717, 1.165) is 13.2 Å². The van der Waals surface area contributed by atoms with Gasteiger partial charge in [-0.1, -0.05) is 32.9 Å². The van der Waals surface area contributed by atoms with Gasteiger partial charge in [0.15, 0.2) is 20.8 Å². The van der Waals surface area contributed by atoms with Crippen LogP contribution in [0.25, 0.3) is 0 Å². The number of carbonyl (C=O) groups excluding carboxylic acids is 1. The van der Waals surface area contributed by atoms with Gasteiger partial charge in [-0.15, -0.1) is 0 Å². The molecule has 2 atom stereocenters. The molecule has 0 aromatic heterocycles. The maximum absolute atomic E-state index is 13.7. The van der Waals surface area contributed by atoms with Gasteiger partial charge in [-0.05, 0) is 61.1 Å². The largest absolute Gasteiger partial charge is 0.743 e. The van der Waals surface area contributed by atoms with E-state index in [4.69, 9.17) is 18.9 Å². The third-order valence-electron chi connectivity index (χ3n) is 9.63. The lowest BCUT2D eigenvalue weighted by Crippen LogP contribution is -2.67. The lowest BCUT2D eigenvalue weighted by atomic mass is 9.51. The summed E-state index contributed by atoms with van der Waals surface area (Å²) in [6, 6.07) is 9.21. The van der Waals surface area contributed by atoms with Crippen molar-refractivity contribution in [3.63, 3.8) is 0 Å². The number of ether oxygens (including phenoxy) is 4. The first-order chi connectivity index (χ1) is 21.1. The summed E-state index contributed by atoms with van der Waals surface area (Å²) in [4.78, 5) is 13.3. The second-order valence-corrected chi connectivity index (χ2v) is 17.6. The van der Waals surface area contributed by atoms with E-state index >= 15 is 0 Å². The fraction of sp³-hybridized carbons (Fsp3) is 0.767. The lowest BCUT2D eigenvalue weighted by Gasteiger charge is -2.63. The summed E-state index contributed by atoms with van der Waals surface area (Å²) in [6.07, 6.45) is 0.172. The number of carbonyl (C=O) groups is 1. The average molecular weight is 705 g/mol. The molecule has 2 unspecified atom stereocenters. The molecule has 0 radical (unpaired) electrons. The topological polar surface area (TPSA) is 111 Å². The first-order valence-electron chi connectivity index (χ1n) is 15.1. The highest BCUT2D eigenvalue weighted by Crippen LogP contribution is 2.64. The minimum Gasteiger partial charge on any atom is -0.743 e. The summed E-state index contributed by atoms with van der Waals surface area (Å²) in [5.41, 5.74) is 0.0991. The second kappa shape index (κ2) is 12.1. The van der Waals surface area contributed by atoms with Crippen LogP contribution < -0.4 is 0 Å². The van der Waals surface area contributed by atoms with Gasteiger partial charge in [0.25, 0.3) is 0 Å². The number of hydrogen-bond acceptors (Lipinski definition) is 8. The first kappa shape index (κ1) is 35.7. The van der Waals surface area contributed by atoms with Gasteiger partial charge in [-0.2, -0.15) is 26.3 Å². The first-order valence-corrected chi connectivity index (χ1v) is 18.0. The van der Waals surface area contributed by atoms with Gasteiger partial charge in [0.1, 0.15) is 30.3 Å². The average Bonchev–Trinajstić information content (AvgIpc) is 3.05. The molecule has 6 fully saturated rings. The fourth-order valence-corrected chi connectivity index (χ4v) is 9.46. The molecule has 260 valence electrons. The second-order valence-electron chi connectivity index (χ2n) is 13.9.